The average molecular weight is 250 g/mol. The van der Waals surface area contributed by atoms with Crippen LogP contribution in [0.15, 0.2) is 36.5 Å². The minimum atomic E-state index is 0.712. The van der Waals surface area contributed by atoms with Gasteiger partial charge in [0.05, 0.1) is 16.4 Å². The van der Waals surface area contributed by atoms with E-state index < -0.39 is 0 Å². The van der Waals surface area contributed by atoms with Crippen LogP contribution in [0.4, 0.5) is 0 Å². The molecule has 0 radical (unpaired) electrons. The van der Waals surface area contributed by atoms with Crippen molar-refractivity contribution in [2.75, 3.05) is 6.54 Å². The van der Waals surface area contributed by atoms with Gasteiger partial charge in [-0.3, -0.25) is 0 Å². The molecule has 0 fully saturated rings. The van der Waals surface area contributed by atoms with Crippen molar-refractivity contribution in [1.29, 1.82) is 0 Å². The van der Waals surface area contributed by atoms with E-state index in [1.165, 1.54) is 0 Å². The smallest absolute Gasteiger partial charge is 0.0831 e. The lowest BCUT2D eigenvalue weighted by atomic mass is 10.3. The first-order chi connectivity index (χ1) is 8.31. The van der Waals surface area contributed by atoms with Gasteiger partial charge in [-0.25, -0.2) is 4.68 Å². The number of hydrogen-bond acceptors (Lipinski definition) is 2. The molecule has 0 aliphatic rings. The Hall–Kier alpha value is -1.32. The first-order valence-corrected chi connectivity index (χ1v) is 6.19. The third kappa shape index (κ3) is 3.08. The Kier molecular flexibility index (Phi) is 4.18. The van der Waals surface area contributed by atoms with Crippen LogP contribution in [-0.2, 0) is 6.54 Å². The molecule has 0 atom stereocenters. The van der Waals surface area contributed by atoms with Crippen LogP contribution in [0.1, 0.15) is 19.0 Å². The molecule has 2 rings (SSSR count). The topological polar surface area (TPSA) is 29.9 Å². The molecule has 0 amide bonds. The molecule has 0 saturated heterocycles. The quantitative estimate of drug-likeness (QED) is 0.826. The number of nitrogens with zero attached hydrogens (tertiary/aromatic N) is 2. The van der Waals surface area contributed by atoms with E-state index in [0.717, 1.165) is 30.9 Å². The molecule has 1 aromatic heterocycles. The first kappa shape index (κ1) is 12.1. The van der Waals surface area contributed by atoms with Gasteiger partial charge >= 0.3 is 0 Å². The van der Waals surface area contributed by atoms with Crippen LogP contribution in [0.25, 0.3) is 5.69 Å². The highest BCUT2D eigenvalue weighted by molar-refractivity contribution is 6.32. The predicted octanol–water partition coefficient (Wildman–Crippen LogP) is 3.03. The summed E-state index contributed by atoms with van der Waals surface area (Å²) < 4.78 is 1.81. The van der Waals surface area contributed by atoms with Crippen molar-refractivity contribution >= 4 is 11.6 Å². The van der Waals surface area contributed by atoms with E-state index in [-0.39, 0.29) is 0 Å². The van der Waals surface area contributed by atoms with Gasteiger partial charge in [-0.2, -0.15) is 5.10 Å². The Bertz CT molecular complexity index is 479. The fourth-order valence-corrected chi connectivity index (χ4v) is 1.84. The summed E-state index contributed by atoms with van der Waals surface area (Å²) in [4.78, 5) is 0. The van der Waals surface area contributed by atoms with E-state index in [2.05, 4.69) is 17.3 Å². The van der Waals surface area contributed by atoms with Crippen molar-refractivity contribution in [1.82, 2.24) is 15.1 Å². The Morgan fingerprint density at radius 1 is 1.29 bits per heavy atom. The summed E-state index contributed by atoms with van der Waals surface area (Å²) in [7, 11) is 0. The first-order valence-electron chi connectivity index (χ1n) is 5.81. The van der Waals surface area contributed by atoms with Crippen molar-refractivity contribution in [3.63, 3.8) is 0 Å². The SMILES string of the molecule is CCCNCc1ccn(-c2ccccc2Cl)n1. The summed E-state index contributed by atoms with van der Waals surface area (Å²) in [5, 5.41) is 8.52. The molecule has 3 nitrogen and oxygen atoms in total. The normalized spacial score (nSPS) is 10.7. The largest absolute Gasteiger partial charge is 0.311 e. The Morgan fingerprint density at radius 3 is 2.88 bits per heavy atom. The van der Waals surface area contributed by atoms with Gasteiger partial charge < -0.3 is 5.32 Å². The molecular weight excluding hydrogens is 234 g/mol. The predicted molar refractivity (Wildman–Crippen MR) is 70.6 cm³/mol. The van der Waals surface area contributed by atoms with Crippen molar-refractivity contribution in [2.24, 2.45) is 0 Å². The number of aromatic nitrogens is 2. The molecule has 1 heterocycles. The van der Waals surface area contributed by atoms with Gasteiger partial charge in [-0.1, -0.05) is 30.7 Å². The fraction of sp³-hybridized carbons (Fsp3) is 0.308. The van der Waals surface area contributed by atoms with Crippen LogP contribution >= 0.6 is 11.6 Å². The Labute approximate surface area is 106 Å². The molecule has 90 valence electrons. The second kappa shape index (κ2) is 5.84. The van der Waals surface area contributed by atoms with Crippen LogP contribution < -0.4 is 5.32 Å². The van der Waals surface area contributed by atoms with Crippen LogP contribution in [0.2, 0.25) is 5.02 Å². The lowest BCUT2D eigenvalue weighted by molar-refractivity contribution is 0.656. The molecule has 1 N–H and O–H groups in total. The zero-order valence-corrected chi connectivity index (χ0v) is 10.6. The summed E-state index contributed by atoms with van der Waals surface area (Å²) >= 11 is 6.12. The number of para-hydroxylation sites is 1. The lowest BCUT2D eigenvalue weighted by Gasteiger charge is -2.03. The van der Waals surface area contributed by atoms with Gasteiger partial charge in [0.15, 0.2) is 0 Å². The van der Waals surface area contributed by atoms with Crippen molar-refractivity contribution in [3.05, 3.63) is 47.2 Å². The monoisotopic (exact) mass is 249 g/mol. The van der Waals surface area contributed by atoms with E-state index >= 15 is 0 Å². The zero-order valence-electron chi connectivity index (χ0n) is 9.86. The minimum absolute atomic E-state index is 0.712. The summed E-state index contributed by atoms with van der Waals surface area (Å²) in [5.41, 5.74) is 1.94. The van der Waals surface area contributed by atoms with Crippen LogP contribution in [0, 0.1) is 0 Å². The Balaban J connectivity index is 2.10. The second-order valence-electron chi connectivity index (χ2n) is 3.88. The maximum Gasteiger partial charge on any atom is 0.0831 e. The summed E-state index contributed by atoms with van der Waals surface area (Å²) in [6.07, 6.45) is 3.06. The van der Waals surface area contributed by atoms with E-state index in [9.17, 15) is 0 Å². The standard InChI is InChI=1S/C13H16ClN3/c1-2-8-15-10-11-7-9-17(16-11)13-6-4-3-5-12(13)14/h3-7,9,15H,2,8,10H2,1H3. The molecule has 0 bridgehead atoms. The van der Waals surface area contributed by atoms with Gasteiger partial charge in [0.1, 0.15) is 0 Å². The molecule has 0 aliphatic heterocycles. The molecule has 17 heavy (non-hydrogen) atoms. The minimum Gasteiger partial charge on any atom is -0.311 e. The number of hydrogen-bond donors (Lipinski definition) is 1. The van der Waals surface area contributed by atoms with E-state index in [1.54, 1.807) is 0 Å². The molecule has 1 aromatic carbocycles. The molecular formula is C13H16ClN3. The maximum atomic E-state index is 6.12. The average Bonchev–Trinajstić information content (AvgIpc) is 2.79. The molecule has 4 heteroatoms. The summed E-state index contributed by atoms with van der Waals surface area (Å²) in [5.74, 6) is 0. The number of rotatable bonds is 5. The fourth-order valence-electron chi connectivity index (χ4n) is 1.62. The van der Waals surface area contributed by atoms with Crippen LogP contribution in [0.5, 0.6) is 0 Å². The number of nitrogens with one attached hydrogen (secondary N) is 1. The lowest BCUT2D eigenvalue weighted by Crippen LogP contribution is -2.14. The van der Waals surface area contributed by atoms with Gasteiger partial charge in [0, 0.05) is 12.7 Å². The van der Waals surface area contributed by atoms with E-state index in [0.29, 0.717) is 5.02 Å². The molecule has 0 unspecified atom stereocenters. The molecule has 0 spiro atoms. The Morgan fingerprint density at radius 2 is 2.12 bits per heavy atom. The van der Waals surface area contributed by atoms with Gasteiger partial charge in [0.25, 0.3) is 0 Å². The van der Waals surface area contributed by atoms with Gasteiger partial charge in [-0.15, -0.1) is 0 Å². The van der Waals surface area contributed by atoms with Gasteiger partial charge in [0.2, 0.25) is 0 Å². The van der Waals surface area contributed by atoms with Crippen molar-refractivity contribution in [2.45, 2.75) is 19.9 Å². The van der Waals surface area contributed by atoms with Crippen LogP contribution in [-0.4, -0.2) is 16.3 Å². The van der Waals surface area contributed by atoms with Crippen LogP contribution in [0.3, 0.4) is 0 Å². The third-order valence-electron chi connectivity index (χ3n) is 2.48. The van der Waals surface area contributed by atoms with Crippen molar-refractivity contribution in [3.8, 4) is 5.69 Å². The van der Waals surface area contributed by atoms with E-state index in [1.807, 2.05) is 41.2 Å². The zero-order chi connectivity index (χ0) is 12.1. The van der Waals surface area contributed by atoms with Crippen molar-refractivity contribution < 1.29 is 0 Å². The number of halogens is 1. The second-order valence-corrected chi connectivity index (χ2v) is 4.29. The maximum absolute atomic E-state index is 6.12. The highest BCUT2D eigenvalue weighted by atomic mass is 35.5. The molecule has 2 aromatic rings. The highest BCUT2D eigenvalue weighted by Crippen LogP contribution is 2.18. The van der Waals surface area contributed by atoms with Gasteiger partial charge in [-0.05, 0) is 31.2 Å². The highest BCUT2D eigenvalue weighted by Gasteiger charge is 2.03. The van der Waals surface area contributed by atoms with E-state index in [4.69, 9.17) is 11.6 Å². The molecule has 0 aliphatic carbocycles. The summed E-state index contributed by atoms with van der Waals surface area (Å²) in [6.45, 7) is 3.96. The number of benzene rings is 1. The third-order valence-corrected chi connectivity index (χ3v) is 2.80. The molecule has 0 saturated carbocycles. The summed E-state index contributed by atoms with van der Waals surface area (Å²) in [6, 6.07) is 9.70.